The minimum atomic E-state index is -0.314. The standard InChI is InChI=1S/C30H30N6O2/c37-36(38)28-29(31-22-32-30(28)35-17-9-15-23-10-7-8-16-26(23)35)34-20-18-33(19-21-34)27(24-11-3-1-4-12-24)25-13-5-2-6-14-25/h1-8,10-14,16,22,27H,9,15,17-21H2. The van der Waals surface area contributed by atoms with Crippen molar-refractivity contribution >= 4 is 23.0 Å². The number of hydrogen-bond acceptors (Lipinski definition) is 7. The molecule has 8 heteroatoms. The predicted octanol–water partition coefficient (Wildman–Crippen LogP) is 5.38. The van der Waals surface area contributed by atoms with Crippen LogP contribution in [-0.2, 0) is 6.42 Å². The zero-order valence-electron chi connectivity index (χ0n) is 21.2. The quantitative estimate of drug-likeness (QED) is 0.257. The first kappa shape index (κ1) is 24.1. The lowest BCUT2D eigenvalue weighted by atomic mass is 9.96. The maximum atomic E-state index is 12.4. The summed E-state index contributed by atoms with van der Waals surface area (Å²) in [7, 11) is 0. The Bertz CT molecular complexity index is 1370. The van der Waals surface area contributed by atoms with Crippen molar-refractivity contribution in [2.75, 3.05) is 42.5 Å². The van der Waals surface area contributed by atoms with Gasteiger partial charge in [-0.05, 0) is 35.6 Å². The molecule has 3 heterocycles. The molecule has 1 fully saturated rings. The van der Waals surface area contributed by atoms with E-state index in [-0.39, 0.29) is 16.7 Å². The molecule has 0 aliphatic carbocycles. The third-order valence-electron chi connectivity index (χ3n) is 7.54. The van der Waals surface area contributed by atoms with Crippen LogP contribution in [0.3, 0.4) is 0 Å². The molecule has 0 saturated carbocycles. The number of fused-ring (bicyclic) bond motifs is 1. The predicted molar refractivity (Wildman–Crippen MR) is 149 cm³/mol. The summed E-state index contributed by atoms with van der Waals surface area (Å²) in [4.78, 5) is 27.5. The number of aryl methyl sites for hydroxylation is 1. The molecule has 0 atom stereocenters. The summed E-state index contributed by atoms with van der Waals surface area (Å²) in [6.45, 7) is 3.50. The smallest absolute Gasteiger partial charge is 0.348 e. The maximum Gasteiger partial charge on any atom is 0.353 e. The number of benzene rings is 3. The van der Waals surface area contributed by atoms with Gasteiger partial charge in [0, 0.05) is 38.4 Å². The van der Waals surface area contributed by atoms with Crippen LogP contribution in [0.2, 0.25) is 0 Å². The molecule has 1 saturated heterocycles. The lowest BCUT2D eigenvalue weighted by Gasteiger charge is -2.40. The zero-order chi connectivity index (χ0) is 25.9. The summed E-state index contributed by atoms with van der Waals surface area (Å²) in [5.41, 5.74) is 4.65. The molecule has 0 unspecified atom stereocenters. The van der Waals surface area contributed by atoms with E-state index in [1.165, 1.54) is 23.0 Å². The molecular formula is C30H30N6O2. The van der Waals surface area contributed by atoms with Gasteiger partial charge in [0.1, 0.15) is 6.33 Å². The van der Waals surface area contributed by atoms with E-state index in [2.05, 4.69) is 69.5 Å². The van der Waals surface area contributed by atoms with Crippen molar-refractivity contribution in [2.45, 2.75) is 18.9 Å². The minimum Gasteiger partial charge on any atom is -0.348 e. The van der Waals surface area contributed by atoms with E-state index in [9.17, 15) is 10.1 Å². The Morgan fingerprint density at radius 3 is 2.00 bits per heavy atom. The fourth-order valence-corrected chi connectivity index (χ4v) is 5.78. The SMILES string of the molecule is O=[N+]([O-])c1c(N2CCN(C(c3ccccc3)c3ccccc3)CC2)ncnc1N1CCCc2ccccc21. The van der Waals surface area contributed by atoms with Gasteiger partial charge in [0.2, 0.25) is 11.6 Å². The molecule has 4 aromatic rings. The van der Waals surface area contributed by atoms with Gasteiger partial charge in [-0.25, -0.2) is 9.97 Å². The third-order valence-corrected chi connectivity index (χ3v) is 7.54. The molecule has 8 nitrogen and oxygen atoms in total. The van der Waals surface area contributed by atoms with Gasteiger partial charge >= 0.3 is 5.69 Å². The second-order valence-electron chi connectivity index (χ2n) is 9.76. The first-order valence-electron chi connectivity index (χ1n) is 13.1. The number of rotatable bonds is 6. The van der Waals surface area contributed by atoms with Crippen LogP contribution in [0.5, 0.6) is 0 Å². The van der Waals surface area contributed by atoms with Gasteiger partial charge in [-0.1, -0.05) is 78.9 Å². The Kier molecular flexibility index (Phi) is 6.71. The van der Waals surface area contributed by atoms with E-state index in [4.69, 9.17) is 0 Å². The van der Waals surface area contributed by atoms with Crippen molar-refractivity contribution in [1.29, 1.82) is 0 Å². The Labute approximate surface area is 222 Å². The van der Waals surface area contributed by atoms with Crippen molar-refractivity contribution in [3.63, 3.8) is 0 Å². The van der Waals surface area contributed by atoms with Gasteiger partial charge < -0.3 is 9.80 Å². The molecule has 1 aromatic heterocycles. The lowest BCUT2D eigenvalue weighted by Crippen LogP contribution is -2.48. The van der Waals surface area contributed by atoms with Crippen LogP contribution in [0.25, 0.3) is 0 Å². The van der Waals surface area contributed by atoms with E-state index < -0.39 is 0 Å². The Balaban J connectivity index is 1.29. The average Bonchev–Trinajstić information content (AvgIpc) is 2.98. The molecule has 6 rings (SSSR count). The molecule has 0 spiro atoms. The van der Waals surface area contributed by atoms with Crippen molar-refractivity contribution in [3.05, 3.63) is 118 Å². The van der Waals surface area contributed by atoms with Crippen LogP contribution >= 0.6 is 0 Å². The van der Waals surface area contributed by atoms with Crippen LogP contribution in [0.1, 0.15) is 29.2 Å². The van der Waals surface area contributed by atoms with Crippen molar-refractivity contribution < 1.29 is 4.92 Å². The van der Waals surface area contributed by atoms with E-state index in [0.29, 0.717) is 31.3 Å². The topological polar surface area (TPSA) is 78.6 Å². The first-order chi connectivity index (χ1) is 18.7. The molecule has 0 radical (unpaired) electrons. The summed E-state index contributed by atoms with van der Waals surface area (Å²) < 4.78 is 0. The van der Waals surface area contributed by atoms with Crippen LogP contribution in [0.15, 0.2) is 91.3 Å². The van der Waals surface area contributed by atoms with E-state index in [0.717, 1.165) is 31.6 Å². The number of nitro groups is 1. The summed E-state index contributed by atoms with van der Waals surface area (Å²) >= 11 is 0. The highest BCUT2D eigenvalue weighted by molar-refractivity contribution is 5.78. The van der Waals surface area contributed by atoms with E-state index in [1.807, 2.05) is 40.1 Å². The van der Waals surface area contributed by atoms with Gasteiger partial charge in [0.15, 0.2) is 0 Å². The third kappa shape index (κ3) is 4.59. The number of piperazine rings is 1. The zero-order valence-corrected chi connectivity index (χ0v) is 21.2. The normalized spacial score (nSPS) is 15.9. The van der Waals surface area contributed by atoms with Crippen molar-refractivity contribution in [1.82, 2.24) is 14.9 Å². The molecule has 0 N–H and O–H groups in total. The van der Waals surface area contributed by atoms with E-state index in [1.54, 1.807) is 0 Å². The number of nitrogens with zero attached hydrogens (tertiary/aromatic N) is 6. The fraction of sp³-hybridized carbons (Fsp3) is 0.267. The average molecular weight is 507 g/mol. The highest BCUT2D eigenvalue weighted by Gasteiger charge is 2.34. The minimum absolute atomic E-state index is 0.0136. The van der Waals surface area contributed by atoms with Crippen molar-refractivity contribution in [2.24, 2.45) is 0 Å². The maximum absolute atomic E-state index is 12.4. The van der Waals surface area contributed by atoms with Crippen LogP contribution in [0, 0.1) is 10.1 Å². The fourth-order valence-electron chi connectivity index (χ4n) is 5.78. The van der Waals surface area contributed by atoms with Crippen LogP contribution < -0.4 is 9.80 Å². The highest BCUT2D eigenvalue weighted by Crippen LogP contribution is 2.41. The molecular weight excluding hydrogens is 476 g/mol. The number of hydrogen-bond donors (Lipinski definition) is 0. The lowest BCUT2D eigenvalue weighted by molar-refractivity contribution is -0.383. The van der Waals surface area contributed by atoms with Gasteiger partial charge in [-0.3, -0.25) is 15.0 Å². The Morgan fingerprint density at radius 2 is 1.34 bits per heavy atom. The number of para-hydroxylation sites is 1. The summed E-state index contributed by atoms with van der Waals surface area (Å²) in [5.74, 6) is 0.778. The second kappa shape index (κ2) is 10.6. The van der Waals surface area contributed by atoms with Gasteiger partial charge in [-0.15, -0.1) is 0 Å². The largest absolute Gasteiger partial charge is 0.353 e. The molecule has 38 heavy (non-hydrogen) atoms. The van der Waals surface area contributed by atoms with Gasteiger partial charge in [-0.2, -0.15) is 0 Å². The molecule has 2 aliphatic rings. The Hall–Kier alpha value is -4.30. The van der Waals surface area contributed by atoms with Crippen LogP contribution in [-0.4, -0.2) is 52.5 Å². The summed E-state index contributed by atoms with van der Waals surface area (Å²) in [6, 6.07) is 29.3. The monoisotopic (exact) mass is 506 g/mol. The summed E-state index contributed by atoms with van der Waals surface area (Å²) in [5, 5.41) is 12.4. The molecule has 2 aliphatic heterocycles. The van der Waals surface area contributed by atoms with E-state index >= 15 is 0 Å². The molecule has 0 bridgehead atoms. The van der Waals surface area contributed by atoms with Gasteiger partial charge in [0.05, 0.1) is 11.0 Å². The van der Waals surface area contributed by atoms with Crippen molar-refractivity contribution in [3.8, 4) is 0 Å². The summed E-state index contributed by atoms with van der Waals surface area (Å²) in [6.07, 6.45) is 3.36. The highest BCUT2D eigenvalue weighted by atomic mass is 16.6. The molecule has 192 valence electrons. The number of aromatic nitrogens is 2. The Morgan fingerprint density at radius 1 is 0.737 bits per heavy atom. The molecule has 3 aromatic carbocycles. The molecule has 0 amide bonds. The first-order valence-corrected chi connectivity index (χ1v) is 13.1. The second-order valence-corrected chi connectivity index (χ2v) is 9.76. The van der Waals surface area contributed by atoms with Crippen LogP contribution in [0.4, 0.5) is 23.0 Å². The van der Waals surface area contributed by atoms with Gasteiger partial charge in [0.25, 0.3) is 0 Å². The number of anilines is 3.